The molecule has 6 heteroatoms. The predicted molar refractivity (Wildman–Crippen MR) is 123 cm³/mol. The molecule has 162 valence electrons. The minimum Gasteiger partial charge on any atom is -0.381 e. The molecule has 0 bridgehead atoms. The molecule has 0 aliphatic carbocycles. The molecule has 3 aromatic carbocycles. The van der Waals surface area contributed by atoms with Gasteiger partial charge in [-0.3, -0.25) is 14.4 Å². The summed E-state index contributed by atoms with van der Waals surface area (Å²) in [6, 6.07) is 23.6. The van der Waals surface area contributed by atoms with Crippen molar-refractivity contribution in [2.45, 2.75) is 19.3 Å². The van der Waals surface area contributed by atoms with E-state index in [1.54, 1.807) is 48.5 Å². The van der Waals surface area contributed by atoms with Crippen LogP contribution in [0.3, 0.4) is 0 Å². The van der Waals surface area contributed by atoms with E-state index in [-0.39, 0.29) is 17.7 Å². The van der Waals surface area contributed by atoms with Gasteiger partial charge in [0.15, 0.2) is 0 Å². The molecule has 3 aromatic rings. The van der Waals surface area contributed by atoms with Gasteiger partial charge in [0.2, 0.25) is 5.91 Å². The Labute approximate surface area is 186 Å². The molecule has 0 fully saturated rings. The van der Waals surface area contributed by atoms with Crippen molar-refractivity contribution in [1.29, 1.82) is 0 Å². The molecule has 0 unspecified atom stereocenters. The van der Waals surface area contributed by atoms with Gasteiger partial charge in [-0.2, -0.15) is 0 Å². The molecule has 3 amide bonds. The molecule has 0 saturated heterocycles. The molecule has 0 aromatic heterocycles. The van der Waals surface area contributed by atoms with Gasteiger partial charge in [0.05, 0.1) is 23.4 Å². The molecule has 1 aliphatic rings. The maximum absolute atomic E-state index is 12.7. The zero-order chi connectivity index (χ0) is 22.3. The van der Waals surface area contributed by atoms with Gasteiger partial charge in [-0.25, -0.2) is 4.90 Å². The number of amides is 3. The zero-order valence-electron chi connectivity index (χ0n) is 17.6. The Morgan fingerprint density at radius 1 is 0.812 bits per heavy atom. The van der Waals surface area contributed by atoms with Crippen LogP contribution in [0, 0.1) is 0 Å². The van der Waals surface area contributed by atoms with E-state index >= 15 is 0 Å². The van der Waals surface area contributed by atoms with E-state index in [1.165, 1.54) is 5.56 Å². The summed E-state index contributed by atoms with van der Waals surface area (Å²) >= 11 is 0. The Kier molecular flexibility index (Phi) is 6.72. The van der Waals surface area contributed by atoms with Crippen LogP contribution in [0.25, 0.3) is 0 Å². The van der Waals surface area contributed by atoms with Crippen molar-refractivity contribution in [1.82, 2.24) is 0 Å². The van der Waals surface area contributed by atoms with E-state index in [9.17, 15) is 14.4 Å². The third-order valence-corrected chi connectivity index (χ3v) is 5.25. The minimum atomic E-state index is -0.360. The SMILES string of the molecule is O=C(CCCOCCc1ccccc1)Nc1cccc(N2C(=O)c3ccccc3C2=O)c1. The summed E-state index contributed by atoms with van der Waals surface area (Å²) in [6.07, 6.45) is 1.78. The molecule has 32 heavy (non-hydrogen) atoms. The largest absolute Gasteiger partial charge is 0.381 e. The van der Waals surface area contributed by atoms with E-state index in [1.807, 2.05) is 18.2 Å². The van der Waals surface area contributed by atoms with Crippen LogP contribution in [0.4, 0.5) is 11.4 Å². The number of nitrogens with one attached hydrogen (secondary N) is 1. The number of rotatable bonds is 9. The van der Waals surface area contributed by atoms with Crippen molar-refractivity contribution >= 4 is 29.1 Å². The van der Waals surface area contributed by atoms with Gasteiger partial charge in [0, 0.05) is 18.7 Å². The Bertz CT molecular complexity index is 1090. The van der Waals surface area contributed by atoms with Crippen LogP contribution in [0.1, 0.15) is 39.1 Å². The first kappa shape index (κ1) is 21.5. The smallest absolute Gasteiger partial charge is 0.266 e. The van der Waals surface area contributed by atoms with Gasteiger partial charge in [-0.15, -0.1) is 0 Å². The van der Waals surface area contributed by atoms with Crippen LogP contribution in [0.15, 0.2) is 78.9 Å². The molecule has 1 heterocycles. The summed E-state index contributed by atoms with van der Waals surface area (Å²) < 4.78 is 5.62. The fraction of sp³-hybridized carbons (Fsp3) is 0.192. The highest BCUT2D eigenvalue weighted by atomic mass is 16.5. The van der Waals surface area contributed by atoms with Crippen LogP contribution in [0.2, 0.25) is 0 Å². The van der Waals surface area contributed by atoms with E-state index in [2.05, 4.69) is 17.4 Å². The minimum absolute atomic E-state index is 0.142. The van der Waals surface area contributed by atoms with Crippen molar-refractivity contribution in [3.05, 3.63) is 95.6 Å². The molecule has 6 nitrogen and oxygen atoms in total. The quantitative estimate of drug-likeness (QED) is 0.403. The van der Waals surface area contributed by atoms with Crippen molar-refractivity contribution in [3.8, 4) is 0 Å². The summed E-state index contributed by atoms with van der Waals surface area (Å²) in [5.41, 5.74) is 2.97. The molecule has 0 radical (unpaired) electrons. The fourth-order valence-corrected chi connectivity index (χ4v) is 3.64. The van der Waals surface area contributed by atoms with Crippen LogP contribution in [-0.2, 0) is 16.0 Å². The van der Waals surface area contributed by atoms with Gasteiger partial charge >= 0.3 is 0 Å². The molecular weight excluding hydrogens is 404 g/mol. The molecule has 0 atom stereocenters. The normalized spacial score (nSPS) is 12.7. The summed E-state index contributed by atoms with van der Waals surface area (Å²) in [4.78, 5) is 38.8. The lowest BCUT2D eigenvalue weighted by atomic mass is 10.1. The average Bonchev–Trinajstić information content (AvgIpc) is 3.07. The van der Waals surface area contributed by atoms with Crippen molar-refractivity contribution in [3.63, 3.8) is 0 Å². The highest BCUT2D eigenvalue weighted by Crippen LogP contribution is 2.29. The van der Waals surface area contributed by atoms with Crippen LogP contribution in [-0.4, -0.2) is 30.9 Å². The van der Waals surface area contributed by atoms with Crippen molar-refractivity contribution < 1.29 is 19.1 Å². The maximum Gasteiger partial charge on any atom is 0.266 e. The average molecular weight is 428 g/mol. The van der Waals surface area contributed by atoms with Crippen molar-refractivity contribution in [2.24, 2.45) is 0 Å². The monoisotopic (exact) mass is 428 g/mol. The lowest BCUT2D eigenvalue weighted by Gasteiger charge is -2.15. The Hall–Kier alpha value is -3.77. The Balaban J connectivity index is 1.26. The van der Waals surface area contributed by atoms with Gasteiger partial charge in [-0.1, -0.05) is 48.5 Å². The topological polar surface area (TPSA) is 75.7 Å². The molecule has 1 aliphatic heterocycles. The zero-order valence-corrected chi connectivity index (χ0v) is 17.6. The van der Waals surface area contributed by atoms with E-state index in [0.717, 1.165) is 11.3 Å². The fourth-order valence-electron chi connectivity index (χ4n) is 3.64. The standard InChI is InChI=1S/C26H24N2O4/c29-24(14-7-16-32-17-15-19-8-2-1-3-9-19)27-20-10-6-11-21(18-20)28-25(30)22-12-4-5-13-23(22)26(28)31/h1-6,8-13,18H,7,14-17H2,(H,27,29). The molecule has 4 rings (SSSR count). The first-order valence-electron chi connectivity index (χ1n) is 10.6. The predicted octanol–water partition coefficient (Wildman–Crippen LogP) is 4.47. The Morgan fingerprint density at radius 3 is 2.22 bits per heavy atom. The number of fused-ring (bicyclic) bond motifs is 1. The number of carbonyl (C=O) groups excluding carboxylic acids is 3. The first-order chi connectivity index (χ1) is 15.6. The number of hydrogen-bond donors (Lipinski definition) is 1. The van der Waals surface area contributed by atoms with E-state index in [0.29, 0.717) is 48.6 Å². The number of carbonyl (C=O) groups is 3. The summed E-state index contributed by atoms with van der Waals surface area (Å²) in [6.45, 7) is 1.13. The lowest BCUT2D eigenvalue weighted by molar-refractivity contribution is -0.116. The summed E-state index contributed by atoms with van der Waals surface area (Å²) in [7, 11) is 0. The lowest BCUT2D eigenvalue weighted by Crippen LogP contribution is -2.29. The van der Waals surface area contributed by atoms with E-state index < -0.39 is 0 Å². The maximum atomic E-state index is 12.7. The number of anilines is 2. The second-order valence-corrected chi connectivity index (χ2v) is 7.54. The third-order valence-electron chi connectivity index (χ3n) is 5.25. The highest BCUT2D eigenvalue weighted by molar-refractivity contribution is 6.34. The number of hydrogen-bond acceptors (Lipinski definition) is 4. The van der Waals surface area contributed by atoms with E-state index in [4.69, 9.17) is 4.74 Å². The van der Waals surface area contributed by atoms with Crippen molar-refractivity contribution in [2.75, 3.05) is 23.4 Å². The number of ether oxygens (including phenoxy) is 1. The van der Waals surface area contributed by atoms with Crippen LogP contribution < -0.4 is 10.2 Å². The first-order valence-corrected chi connectivity index (χ1v) is 10.6. The van der Waals surface area contributed by atoms with Gasteiger partial charge < -0.3 is 10.1 Å². The van der Waals surface area contributed by atoms with Gasteiger partial charge in [0.25, 0.3) is 11.8 Å². The Morgan fingerprint density at radius 2 is 1.50 bits per heavy atom. The molecule has 1 N–H and O–H groups in total. The molecular formula is C26H24N2O4. The molecule has 0 spiro atoms. The number of nitrogens with zero attached hydrogens (tertiary/aromatic N) is 1. The third kappa shape index (κ3) is 4.92. The second kappa shape index (κ2) is 10.0. The number of benzene rings is 3. The van der Waals surface area contributed by atoms with Crippen LogP contribution >= 0.6 is 0 Å². The van der Waals surface area contributed by atoms with Crippen LogP contribution in [0.5, 0.6) is 0 Å². The van der Waals surface area contributed by atoms with Gasteiger partial charge in [0.1, 0.15) is 0 Å². The number of imide groups is 1. The summed E-state index contributed by atoms with van der Waals surface area (Å²) in [5, 5.41) is 2.83. The van der Waals surface area contributed by atoms with Gasteiger partial charge in [-0.05, 0) is 48.7 Å². The second-order valence-electron chi connectivity index (χ2n) is 7.54. The molecule has 0 saturated carbocycles. The summed E-state index contributed by atoms with van der Waals surface area (Å²) in [5.74, 6) is -0.861. The highest BCUT2D eigenvalue weighted by Gasteiger charge is 2.36.